The third-order valence-electron chi connectivity index (χ3n) is 2.47. The van der Waals surface area contributed by atoms with E-state index >= 15 is 0 Å². The summed E-state index contributed by atoms with van der Waals surface area (Å²) in [7, 11) is 0. The Morgan fingerprint density at radius 1 is 1.44 bits per heavy atom. The van der Waals surface area contributed by atoms with Crippen LogP contribution in [0, 0.1) is 12.8 Å². The number of aliphatic carboxylic acids is 1. The first-order chi connectivity index (χ1) is 8.40. The van der Waals surface area contributed by atoms with E-state index in [-0.39, 0.29) is 11.8 Å². The van der Waals surface area contributed by atoms with Crippen LogP contribution < -0.4 is 5.32 Å². The maximum Gasteiger partial charge on any atom is 0.326 e. The van der Waals surface area contributed by atoms with Gasteiger partial charge in [0.15, 0.2) is 0 Å². The summed E-state index contributed by atoms with van der Waals surface area (Å²) in [5.74, 6) is -1.19. The van der Waals surface area contributed by atoms with Crippen molar-refractivity contribution in [2.24, 2.45) is 5.92 Å². The van der Waals surface area contributed by atoms with Crippen molar-refractivity contribution in [3.63, 3.8) is 0 Å². The number of carbonyl (C=O) groups excluding carboxylic acids is 1. The molecule has 1 aromatic rings. The fourth-order valence-electron chi connectivity index (χ4n) is 1.62. The molecule has 1 unspecified atom stereocenters. The van der Waals surface area contributed by atoms with Crippen LogP contribution in [0.3, 0.4) is 0 Å². The van der Waals surface area contributed by atoms with Gasteiger partial charge in [-0.05, 0) is 31.4 Å². The molecule has 0 saturated carbocycles. The van der Waals surface area contributed by atoms with E-state index in [2.05, 4.69) is 10.3 Å². The fraction of sp³-hybridized carbons (Fsp3) is 0.462. The number of carbonyl (C=O) groups is 2. The normalized spacial score (nSPS) is 12.2. The third-order valence-corrected chi connectivity index (χ3v) is 2.47. The summed E-state index contributed by atoms with van der Waals surface area (Å²) >= 11 is 0. The molecule has 1 atom stereocenters. The lowest BCUT2D eigenvalue weighted by molar-refractivity contribution is -0.139. The maximum atomic E-state index is 11.9. The van der Waals surface area contributed by atoms with Crippen LogP contribution in [0.1, 0.15) is 36.3 Å². The Labute approximate surface area is 106 Å². The lowest BCUT2D eigenvalue weighted by atomic mass is 10.0. The van der Waals surface area contributed by atoms with Gasteiger partial charge in [0.1, 0.15) is 6.04 Å². The minimum absolute atomic E-state index is 0.200. The molecule has 5 nitrogen and oxygen atoms in total. The standard InChI is InChI=1S/C13H18N2O3/c1-8(2)6-11(13(17)18)15-12(16)10-4-5-14-9(3)7-10/h4-5,7-8,11H,6H2,1-3H3,(H,15,16)(H,17,18). The minimum atomic E-state index is -1.01. The van der Waals surface area contributed by atoms with Crippen LogP contribution in [0.4, 0.5) is 0 Å². The second-order valence-corrected chi connectivity index (χ2v) is 4.68. The van der Waals surface area contributed by atoms with Crippen molar-refractivity contribution in [1.29, 1.82) is 0 Å². The molecule has 0 aliphatic heterocycles. The largest absolute Gasteiger partial charge is 0.480 e. The number of pyridine rings is 1. The fourth-order valence-corrected chi connectivity index (χ4v) is 1.62. The van der Waals surface area contributed by atoms with Gasteiger partial charge in [-0.2, -0.15) is 0 Å². The number of carboxylic acid groups (broad SMARTS) is 1. The van der Waals surface area contributed by atoms with Gasteiger partial charge in [-0.3, -0.25) is 9.78 Å². The van der Waals surface area contributed by atoms with Crippen LogP contribution in [-0.2, 0) is 4.79 Å². The van der Waals surface area contributed by atoms with Crippen LogP contribution in [0.2, 0.25) is 0 Å². The Hall–Kier alpha value is -1.91. The second-order valence-electron chi connectivity index (χ2n) is 4.68. The Kier molecular flexibility index (Phi) is 4.83. The third kappa shape index (κ3) is 4.16. The zero-order valence-corrected chi connectivity index (χ0v) is 10.8. The summed E-state index contributed by atoms with van der Waals surface area (Å²) < 4.78 is 0. The van der Waals surface area contributed by atoms with Crippen LogP contribution in [0.5, 0.6) is 0 Å². The van der Waals surface area contributed by atoms with E-state index in [0.717, 1.165) is 5.69 Å². The van der Waals surface area contributed by atoms with Gasteiger partial charge in [0.05, 0.1) is 0 Å². The number of hydrogen-bond donors (Lipinski definition) is 2. The zero-order valence-electron chi connectivity index (χ0n) is 10.8. The summed E-state index contributed by atoms with van der Waals surface area (Å²) in [6.45, 7) is 5.61. The summed E-state index contributed by atoms with van der Waals surface area (Å²) in [4.78, 5) is 26.9. The molecule has 1 rings (SSSR count). The SMILES string of the molecule is Cc1cc(C(=O)NC(CC(C)C)C(=O)O)ccn1. The number of nitrogens with zero attached hydrogens (tertiary/aromatic N) is 1. The lowest BCUT2D eigenvalue weighted by Gasteiger charge is -2.16. The predicted molar refractivity (Wildman–Crippen MR) is 67.3 cm³/mol. The first-order valence-corrected chi connectivity index (χ1v) is 5.86. The number of aromatic nitrogens is 1. The average molecular weight is 250 g/mol. The summed E-state index contributed by atoms with van der Waals surface area (Å²) in [6.07, 6.45) is 1.94. The van der Waals surface area contributed by atoms with E-state index in [1.807, 2.05) is 13.8 Å². The molecule has 0 bridgehead atoms. The summed E-state index contributed by atoms with van der Waals surface area (Å²) in [5, 5.41) is 11.6. The lowest BCUT2D eigenvalue weighted by Crippen LogP contribution is -2.41. The van der Waals surface area contributed by atoms with Crippen molar-refractivity contribution in [3.05, 3.63) is 29.6 Å². The van der Waals surface area contributed by atoms with Crippen molar-refractivity contribution >= 4 is 11.9 Å². The smallest absolute Gasteiger partial charge is 0.326 e. The highest BCUT2D eigenvalue weighted by Gasteiger charge is 2.21. The highest BCUT2D eigenvalue weighted by Crippen LogP contribution is 2.07. The monoisotopic (exact) mass is 250 g/mol. The Morgan fingerprint density at radius 2 is 2.11 bits per heavy atom. The topological polar surface area (TPSA) is 79.3 Å². The van der Waals surface area contributed by atoms with Crippen molar-refractivity contribution in [2.45, 2.75) is 33.2 Å². The number of nitrogens with one attached hydrogen (secondary N) is 1. The van der Waals surface area contributed by atoms with Gasteiger partial charge < -0.3 is 10.4 Å². The number of amides is 1. The van der Waals surface area contributed by atoms with E-state index in [1.54, 1.807) is 19.1 Å². The molecule has 0 saturated heterocycles. The van der Waals surface area contributed by atoms with Crippen molar-refractivity contribution in [1.82, 2.24) is 10.3 Å². The molecular weight excluding hydrogens is 232 g/mol. The molecule has 0 aromatic carbocycles. The van der Waals surface area contributed by atoms with Crippen molar-refractivity contribution < 1.29 is 14.7 Å². The molecule has 1 heterocycles. The predicted octanol–water partition coefficient (Wildman–Crippen LogP) is 1.62. The van der Waals surface area contributed by atoms with Crippen LogP contribution >= 0.6 is 0 Å². The minimum Gasteiger partial charge on any atom is -0.480 e. The Balaban J connectivity index is 2.75. The zero-order chi connectivity index (χ0) is 13.7. The molecule has 5 heteroatoms. The highest BCUT2D eigenvalue weighted by molar-refractivity contribution is 5.96. The van der Waals surface area contributed by atoms with E-state index in [4.69, 9.17) is 5.11 Å². The van der Waals surface area contributed by atoms with Crippen molar-refractivity contribution in [2.75, 3.05) is 0 Å². The number of carboxylic acids is 1. The van der Waals surface area contributed by atoms with Crippen LogP contribution in [0.25, 0.3) is 0 Å². The molecular formula is C13H18N2O3. The molecule has 18 heavy (non-hydrogen) atoms. The summed E-state index contributed by atoms with van der Waals surface area (Å²) in [5.41, 5.74) is 1.15. The van der Waals surface area contributed by atoms with E-state index in [0.29, 0.717) is 12.0 Å². The van der Waals surface area contributed by atoms with Gasteiger partial charge in [-0.25, -0.2) is 4.79 Å². The first-order valence-electron chi connectivity index (χ1n) is 5.86. The average Bonchev–Trinajstić information content (AvgIpc) is 2.27. The van der Waals surface area contributed by atoms with E-state index < -0.39 is 12.0 Å². The summed E-state index contributed by atoms with van der Waals surface area (Å²) in [6, 6.07) is 2.34. The number of hydrogen-bond acceptors (Lipinski definition) is 3. The molecule has 2 N–H and O–H groups in total. The molecule has 98 valence electrons. The number of rotatable bonds is 5. The molecule has 0 aliphatic carbocycles. The molecule has 0 aliphatic rings. The van der Waals surface area contributed by atoms with Gasteiger partial charge in [0.2, 0.25) is 0 Å². The van der Waals surface area contributed by atoms with Gasteiger partial charge >= 0.3 is 5.97 Å². The number of aryl methyl sites for hydroxylation is 1. The van der Waals surface area contributed by atoms with Crippen molar-refractivity contribution in [3.8, 4) is 0 Å². The van der Waals surface area contributed by atoms with Gasteiger partial charge in [0.25, 0.3) is 5.91 Å². The first kappa shape index (κ1) is 14.2. The quantitative estimate of drug-likeness (QED) is 0.832. The van der Waals surface area contributed by atoms with Gasteiger partial charge in [-0.15, -0.1) is 0 Å². The maximum absolute atomic E-state index is 11.9. The molecule has 0 fully saturated rings. The Morgan fingerprint density at radius 3 is 2.61 bits per heavy atom. The van der Waals surface area contributed by atoms with E-state index in [9.17, 15) is 9.59 Å². The Bertz CT molecular complexity index is 444. The van der Waals surface area contributed by atoms with Crippen LogP contribution in [-0.4, -0.2) is 28.0 Å². The highest BCUT2D eigenvalue weighted by atomic mass is 16.4. The van der Waals surface area contributed by atoms with Gasteiger partial charge in [-0.1, -0.05) is 13.8 Å². The van der Waals surface area contributed by atoms with Gasteiger partial charge in [0, 0.05) is 17.5 Å². The second kappa shape index (κ2) is 6.14. The molecule has 0 radical (unpaired) electrons. The van der Waals surface area contributed by atoms with Crippen LogP contribution in [0.15, 0.2) is 18.3 Å². The van der Waals surface area contributed by atoms with E-state index in [1.165, 1.54) is 6.20 Å². The molecule has 1 aromatic heterocycles. The molecule has 0 spiro atoms. The molecule has 1 amide bonds.